The molecule has 1 aromatic heterocycles. The Morgan fingerprint density at radius 1 is 1.03 bits per heavy atom. The number of ether oxygens (including phenoxy) is 2. The van der Waals surface area contributed by atoms with Crippen LogP contribution in [-0.2, 0) is 16.6 Å². The Balaban J connectivity index is 1.47. The Labute approximate surface area is 206 Å². The van der Waals surface area contributed by atoms with Crippen molar-refractivity contribution in [1.29, 1.82) is 0 Å². The summed E-state index contributed by atoms with van der Waals surface area (Å²) in [6.45, 7) is 2.25. The molecule has 0 aliphatic carbocycles. The molecule has 1 atom stereocenters. The maximum absolute atomic E-state index is 12.9. The Morgan fingerprint density at radius 3 is 2.38 bits per heavy atom. The quantitative estimate of drug-likeness (QED) is 0.352. The first-order valence-corrected chi connectivity index (χ1v) is 13.1. The molecule has 0 spiro atoms. The van der Waals surface area contributed by atoms with Crippen LogP contribution in [0.4, 0.5) is 0 Å². The molecule has 1 heterocycles. The lowest BCUT2D eigenvalue weighted by Crippen LogP contribution is -2.36. The molecular weight excluding hydrogens is 496 g/mol. The van der Waals surface area contributed by atoms with Gasteiger partial charge in [0, 0.05) is 5.02 Å². The third kappa shape index (κ3) is 5.61. The van der Waals surface area contributed by atoms with Crippen molar-refractivity contribution in [3.8, 4) is 11.5 Å². The molecule has 0 saturated carbocycles. The molecule has 4 aromatic rings. The van der Waals surface area contributed by atoms with Gasteiger partial charge in [0.25, 0.3) is 0 Å². The van der Waals surface area contributed by atoms with E-state index < -0.39 is 16.1 Å². The summed E-state index contributed by atoms with van der Waals surface area (Å²) in [6.07, 6.45) is 0. The number of hydrogen-bond donors (Lipinski definition) is 1. The monoisotopic (exact) mass is 518 g/mol. The number of thiazole rings is 1. The highest BCUT2D eigenvalue weighted by molar-refractivity contribution is 7.89. The summed E-state index contributed by atoms with van der Waals surface area (Å²) in [7, 11) is -2.22. The molecule has 0 aliphatic heterocycles. The molecule has 0 amide bonds. The lowest BCUT2D eigenvalue weighted by molar-refractivity contribution is 0.287. The van der Waals surface area contributed by atoms with Crippen LogP contribution in [0.3, 0.4) is 0 Å². The minimum atomic E-state index is -3.80. The summed E-state index contributed by atoms with van der Waals surface area (Å²) >= 11 is 6.95. The van der Waals surface area contributed by atoms with Crippen molar-refractivity contribution < 1.29 is 17.9 Å². The van der Waals surface area contributed by atoms with E-state index in [4.69, 9.17) is 21.1 Å². The molecule has 0 aliphatic rings. The molecule has 178 valence electrons. The van der Waals surface area contributed by atoms with Gasteiger partial charge in [0.05, 0.1) is 34.8 Å². The van der Waals surface area contributed by atoms with E-state index in [0.29, 0.717) is 33.3 Å². The van der Waals surface area contributed by atoms with Crippen molar-refractivity contribution in [3.63, 3.8) is 0 Å². The smallest absolute Gasteiger partial charge is 0.308 e. The van der Waals surface area contributed by atoms with Crippen molar-refractivity contribution >= 4 is 43.2 Å². The summed E-state index contributed by atoms with van der Waals surface area (Å²) in [5.74, 6) is 1.32. The number of aromatic nitrogens is 1. The zero-order valence-corrected chi connectivity index (χ0v) is 20.9. The largest absolute Gasteiger partial charge is 0.497 e. The summed E-state index contributed by atoms with van der Waals surface area (Å²) in [5.41, 5.74) is 1.61. The van der Waals surface area contributed by atoms with Crippen LogP contribution in [-0.4, -0.2) is 32.7 Å². The van der Waals surface area contributed by atoms with Crippen LogP contribution in [0.1, 0.15) is 12.5 Å². The van der Waals surface area contributed by atoms with Crippen LogP contribution >= 0.6 is 22.9 Å². The topological polar surface area (TPSA) is 86.6 Å². The van der Waals surface area contributed by atoms with Crippen molar-refractivity contribution in [1.82, 2.24) is 9.29 Å². The molecule has 0 fully saturated rings. The van der Waals surface area contributed by atoms with E-state index >= 15 is 0 Å². The summed E-state index contributed by atoms with van der Waals surface area (Å²) in [4.78, 5) is 12.5. The lowest BCUT2D eigenvalue weighted by atomic mass is 10.2. The van der Waals surface area contributed by atoms with Crippen LogP contribution in [0.25, 0.3) is 10.2 Å². The standard InChI is InChI=1S/C24H23ClN2O5S2/c1-16(15-32-20-9-7-19(31-2)8-10-20)26-34(29,30)21-11-12-22-23(13-21)33-24(28)27(22)14-17-3-5-18(25)6-4-17/h3-13,16,26H,14-15H2,1-2H3/t16-/m1/s1. The number of hydrogen-bond acceptors (Lipinski definition) is 6. The van der Waals surface area contributed by atoms with Gasteiger partial charge in [0.15, 0.2) is 0 Å². The zero-order valence-electron chi connectivity index (χ0n) is 18.5. The highest BCUT2D eigenvalue weighted by Crippen LogP contribution is 2.23. The molecule has 34 heavy (non-hydrogen) atoms. The maximum atomic E-state index is 12.9. The van der Waals surface area contributed by atoms with E-state index in [2.05, 4.69) is 4.72 Å². The second kappa shape index (κ2) is 10.2. The Hall–Kier alpha value is -2.85. The van der Waals surface area contributed by atoms with Gasteiger partial charge in [-0.2, -0.15) is 0 Å². The fourth-order valence-corrected chi connectivity index (χ4v) is 5.78. The first kappa shape index (κ1) is 24.3. The number of nitrogens with zero attached hydrogens (tertiary/aromatic N) is 1. The zero-order chi connectivity index (χ0) is 24.3. The third-order valence-corrected chi connectivity index (χ3v) is 7.90. The summed E-state index contributed by atoms with van der Waals surface area (Å²) < 4.78 is 41.5. The number of rotatable bonds is 9. The molecule has 0 unspecified atom stereocenters. The second-order valence-electron chi connectivity index (χ2n) is 7.72. The van der Waals surface area contributed by atoms with Crippen LogP contribution in [0.2, 0.25) is 5.02 Å². The van der Waals surface area contributed by atoms with E-state index in [1.807, 2.05) is 12.1 Å². The van der Waals surface area contributed by atoms with Gasteiger partial charge in [-0.3, -0.25) is 9.36 Å². The van der Waals surface area contributed by atoms with Gasteiger partial charge in [-0.05, 0) is 67.1 Å². The van der Waals surface area contributed by atoms with Gasteiger partial charge in [0.2, 0.25) is 10.0 Å². The fraction of sp³-hybridized carbons (Fsp3) is 0.208. The van der Waals surface area contributed by atoms with Crippen LogP contribution in [0, 0.1) is 0 Å². The normalized spacial score (nSPS) is 12.6. The third-order valence-electron chi connectivity index (χ3n) is 5.12. The molecular formula is C24H23ClN2O5S2. The van der Waals surface area contributed by atoms with E-state index in [0.717, 1.165) is 16.9 Å². The summed E-state index contributed by atoms with van der Waals surface area (Å²) in [6, 6.07) is 18.5. The van der Waals surface area contributed by atoms with Gasteiger partial charge < -0.3 is 9.47 Å². The molecule has 0 bridgehead atoms. The molecule has 7 nitrogen and oxygen atoms in total. The molecule has 10 heteroatoms. The van der Waals surface area contributed by atoms with Crippen molar-refractivity contribution in [2.45, 2.75) is 24.4 Å². The van der Waals surface area contributed by atoms with Crippen LogP contribution < -0.4 is 19.1 Å². The van der Waals surface area contributed by atoms with E-state index in [9.17, 15) is 13.2 Å². The van der Waals surface area contributed by atoms with E-state index in [-0.39, 0.29) is 16.4 Å². The number of sulfonamides is 1. The summed E-state index contributed by atoms with van der Waals surface area (Å²) in [5, 5.41) is 0.622. The predicted octanol–water partition coefficient (Wildman–Crippen LogP) is 4.52. The van der Waals surface area contributed by atoms with E-state index in [1.54, 1.807) is 61.1 Å². The molecule has 3 aromatic carbocycles. The molecule has 4 rings (SSSR count). The van der Waals surface area contributed by atoms with Crippen molar-refractivity contribution in [2.75, 3.05) is 13.7 Å². The van der Waals surface area contributed by atoms with Gasteiger partial charge in [-0.25, -0.2) is 13.1 Å². The predicted molar refractivity (Wildman–Crippen MR) is 135 cm³/mol. The number of benzene rings is 3. The van der Waals surface area contributed by atoms with Gasteiger partial charge in [0.1, 0.15) is 18.1 Å². The Morgan fingerprint density at radius 2 is 1.71 bits per heavy atom. The number of nitrogens with one attached hydrogen (secondary N) is 1. The minimum absolute atomic E-state index is 0.0937. The highest BCUT2D eigenvalue weighted by Gasteiger charge is 2.20. The highest BCUT2D eigenvalue weighted by atomic mass is 35.5. The van der Waals surface area contributed by atoms with Crippen molar-refractivity contribution in [3.05, 3.63) is 87.0 Å². The average Bonchev–Trinajstić information content (AvgIpc) is 3.13. The molecule has 1 N–H and O–H groups in total. The number of fused-ring (bicyclic) bond motifs is 1. The Bertz CT molecular complexity index is 1450. The molecule has 0 saturated heterocycles. The maximum Gasteiger partial charge on any atom is 0.308 e. The first-order chi connectivity index (χ1) is 16.2. The van der Waals surface area contributed by atoms with Crippen LogP contribution in [0.5, 0.6) is 11.5 Å². The number of halogens is 1. The second-order valence-corrected chi connectivity index (χ2v) is 10.9. The minimum Gasteiger partial charge on any atom is -0.497 e. The lowest BCUT2D eigenvalue weighted by Gasteiger charge is -2.15. The van der Waals surface area contributed by atoms with E-state index in [1.165, 1.54) is 12.1 Å². The number of methoxy groups -OCH3 is 1. The van der Waals surface area contributed by atoms with Gasteiger partial charge >= 0.3 is 4.87 Å². The average molecular weight is 519 g/mol. The fourth-order valence-electron chi connectivity index (χ4n) is 3.40. The van der Waals surface area contributed by atoms with Gasteiger partial charge in [-0.1, -0.05) is 35.1 Å². The SMILES string of the molecule is COc1ccc(OC[C@@H](C)NS(=O)(=O)c2ccc3c(c2)sc(=O)n3Cc2ccc(Cl)cc2)cc1. The molecule has 0 radical (unpaired) electrons. The van der Waals surface area contributed by atoms with Crippen LogP contribution in [0.15, 0.2) is 76.4 Å². The van der Waals surface area contributed by atoms with Gasteiger partial charge in [-0.15, -0.1) is 0 Å². The van der Waals surface area contributed by atoms with Crippen molar-refractivity contribution in [2.24, 2.45) is 0 Å². The Kier molecular flexibility index (Phi) is 7.27. The first-order valence-electron chi connectivity index (χ1n) is 10.4.